The Balaban J connectivity index is 1.79. The molecule has 13 heavy (non-hydrogen) atoms. The highest BCUT2D eigenvalue weighted by molar-refractivity contribution is 5.03. The van der Waals surface area contributed by atoms with E-state index in [2.05, 4.69) is 11.1 Å². The quantitative estimate of drug-likeness (QED) is 0.706. The number of ether oxygens (including phenoxy) is 1. The first kappa shape index (κ1) is 8.70. The van der Waals surface area contributed by atoms with E-state index in [0.717, 1.165) is 19.4 Å². The molecule has 2 heteroatoms. The van der Waals surface area contributed by atoms with Gasteiger partial charge >= 0.3 is 0 Å². The fourth-order valence-corrected chi connectivity index (χ4v) is 1.73. The van der Waals surface area contributed by atoms with Crippen molar-refractivity contribution in [2.75, 3.05) is 6.61 Å². The summed E-state index contributed by atoms with van der Waals surface area (Å²) in [5.41, 5.74) is 1.18. The van der Waals surface area contributed by atoms with E-state index < -0.39 is 0 Å². The van der Waals surface area contributed by atoms with Crippen molar-refractivity contribution in [3.8, 4) is 0 Å². The Hall–Kier alpha value is -0.890. The van der Waals surface area contributed by atoms with Gasteiger partial charge in [-0.15, -0.1) is 0 Å². The molecular weight excluding hydrogens is 162 g/mol. The largest absolute Gasteiger partial charge is 0.378 e. The number of aryl methyl sites for hydroxylation is 1. The second-order valence-corrected chi connectivity index (χ2v) is 3.49. The third-order valence-corrected chi connectivity index (χ3v) is 2.47. The molecule has 0 aliphatic carbocycles. The molecule has 2 heterocycles. The molecule has 0 bridgehead atoms. The SMILES string of the molecule is c1ccc(CCC2CCCO2)nc1. The topological polar surface area (TPSA) is 22.1 Å². The number of nitrogens with zero attached hydrogens (tertiary/aromatic N) is 1. The minimum Gasteiger partial charge on any atom is -0.378 e. The van der Waals surface area contributed by atoms with Crippen molar-refractivity contribution in [2.45, 2.75) is 31.8 Å². The lowest BCUT2D eigenvalue weighted by atomic mass is 10.1. The fourth-order valence-electron chi connectivity index (χ4n) is 1.73. The number of pyridine rings is 1. The molecule has 0 N–H and O–H groups in total. The number of hydrogen-bond donors (Lipinski definition) is 0. The molecule has 2 nitrogen and oxygen atoms in total. The van der Waals surface area contributed by atoms with Gasteiger partial charge in [-0.3, -0.25) is 4.98 Å². The van der Waals surface area contributed by atoms with Crippen molar-refractivity contribution in [1.29, 1.82) is 0 Å². The normalized spacial score (nSPS) is 22.0. The molecule has 1 unspecified atom stereocenters. The summed E-state index contributed by atoms with van der Waals surface area (Å²) in [6, 6.07) is 6.07. The van der Waals surface area contributed by atoms with E-state index >= 15 is 0 Å². The second-order valence-electron chi connectivity index (χ2n) is 3.49. The van der Waals surface area contributed by atoms with E-state index in [1.165, 1.54) is 18.5 Å². The number of rotatable bonds is 3. The van der Waals surface area contributed by atoms with Crippen molar-refractivity contribution in [2.24, 2.45) is 0 Å². The molecule has 70 valence electrons. The van der Waals surface area contributed by atoms with Crippen LogP contribution in [-0.4, -0.2) is 17.7 Å². The lowest BCUT2D eigenvalue weighted by Crippen LogP contribution is -2.06. The molecule has 1 aromatic rings. The second kappa shape index (κ2) is 4.38. The highest BCUT2D eigenvalue weighted by atomic mass is 16.5. The Morgan fingerprint density at radius 2 is 2.46 bits per heavy atom. The molecular formula is C11H15NO. The van der Waals surface area contributed by atoms with E-state index in [1.807, 2.05) is 18.3 Å². The van der Waals surface area contributed by atoms with Gasteiger partial charge in [0.05, 0.1) is 6.10 Å². The first-order valence-corrected chi connectivity index (χ1v) is 4.96. The van der Waals surface area contributed by atoms with Crippen LogP contribution in [0.3, 0.4) is 0 Å². The van der Waals surface area contributed by atoms with E-state index in [0.29, 0.717) is 6.10 Å². The summed E-state index contributed by atoms with van der Waals surface area (Å²) in [6.07, 6.45) is 6.97. The average molecular weight is 177 g/mol. The van der Waals surface area contributed by atoms with Crippen molar-refractivity contribution < 1.29 is 4.74 Å². The maximum Gasteiger partial charge on any atom is 0.0579 e. The van der Waals surface area contributed by atoms with Gasteiger partial charge in [-0.05, 0) is 37.8 Å². The first-order chi connectivity index (χ1) is 6.45. The van der Waals surface area contributed by atoms with Crippen molar-refractivity contribution in [3.63, 3.8) is 0 Å². The smallest absolute Gasteiger partial charge is 0.0579 e. The lowest BCUT2D eigenvalue weighted by Gasteiger charge is -2.07. The zero-order chi connectivity index (χ0) is 8.93. The van der Waals surface area contributed by atoms with Gasteiger partial charge in [-0.25, -0.2) is 0 Å². The molecule has 1 atom stereocenters. The average Bonchev–Trinajstić information content (AvgIpc) is 2.69. The molecule has 0 amide bonds. The molecule has 0 saturated carbocycles. The zero-order valence-corrected chi connectivity index (χ0v) is 7.78. The maximum atomic E-state index is 5.55. The molecule has 2 rings (SSSR count). The third-order valence-electron chi connectivity index (χ3n) is 2.47. The Bertz CT molecular complexity index is 242. The lowest BCUT2D eigenvalue weighted by molar-refractivity contribution is 0.104. The number of hydrogen-bond acceptors (Lipinski definition) is 2. The molecule has 0 radical (unpaired) electrons. The van der Waals surface area contributed by atoms with Gasteiger partial charge in [0.15, 0.2) is 0 Å². The summed E-state index contributed by atoms with van der Waals surface area (Å²) >= 11 is 0. The molecule has 1 aromatic heterocycles. The standard InChI is InChI=1S/C11H15NO/c1-2-8-12-10(4-1)6-7-11-5-3-9-13-11/h1-2,4,8,11H,3,5-7,9H2. The van der Waals surface area contributed by atoms with Crippen molar-refractivity contribution in [1.82, 2.24) is 4.98 Å². The summed E-state index contributed by atoms with van der Waals surface area (Å²) in [6.45, 7) is 0.951. The van der Waals surface area contributed by atoms with Crippen LogP contribution in [0, 0.1) is 0 Å². The summed E-state index contributed by atoms with van der Waals surface area (Å²) in [4.78, 5) is 4.28. The monoisotopic (exact) mass is 177 g/mol. The van der Waals surface area contributed by atoms with Gasteiger partial charge in [0.25, 0.3) is 0 Å². The van der Waals surface area contributed by atoms with Crippen LogP contribution in [0.25, 0.3) is 0 Å². The molecule has 0 aromatic carbocycles. The Morgan fingerprint density at radius 1 is 1.46 bits per heavy atom. The summed E-state index contributed by atoms with van der Waals surface area (Å²) in [7, 11) is 0. The van der Waals surface area contributed by atoms with E-state index in [4.69, 9.17) is 4.74 Å². The molecule has 0 spiro atoms. The Labute approximate surface area is 78.9 Å². The summed E-state index contributed by atoms with van der Waals surface area (Å²) < 4.78 is 5.55. The zero-order valence-electron chi connectivity index (χ0n) is 7.78. The van der Waals surface area contributed by atoms with Gasteiger partial charge < -0.3 is 4.74 Å². The number of aromatic nitrogens is 1. The molecule has 1 aliphatic heterocycles. The van der Waals surface area contributed by atoms with E-state index in [9.17, 15) is 0 Å². The minimum atomic E-state index is 0.488. The summed E-state index contributed by atoms with van der Waals surface area (Å²) in [5, 5.41) is 0. The van der Waals surface area contributed by atoms with Gasteiger partial charge in [0.2, 0.25) is 0 Å². The first-order valence-electron chi connectivity index (χ1n) is 4.96. The van der Waals surface area contributed by atoms with Crippen LogP contribution in [0.2, 0.25) is 0 Å². The van der Waals surface area contributed by atoms with Crippen LogP contribution in [0.5, 0.6) is 0 Å². The van der Waals surface area contributed by atoms with E-state index in [1.54, 1.807) is 0 Å². The Morgan fingerprint density at radius 3 is 3.15 bits per heavy atom. The molecule has 1 fully saturated rings. The van der Waals surface area contributed by atoms with Gasteiger partial charge in [0.1, 0.15) is 0 Å². The van der Waals surface area contributed by atoms with Crippen LogP contribution < -0.4 is 0 Å². The van der Waals surface area contributed by atoms with Crippen LogP contribution in [0.4, 0.5) is 0 Å². The van der Waals surface area contributed by atoms with Crippen LogP contribution >= 0.6 is 0 Å². The van der Waals surface area contributed by atoms with Crippen LogP contribution in [0.1, 0.15) is 25.0 Å². The third kappa shape index (κ3) is 2.52. The predicted octanol–water partition coefficient (Wildman–Crippen LogP) is 2.19. The highest BCUT2D eigenvalue weighted by Crippen LogP contribution is 2.16. The molecule has 1 aliphatic rings. The Kier molecular flexibility index (Phi) is 2.93. The van der Waals surface area contributed by atoms with Crippen molar-refractivity contribution in [3.05, 3.63) is 30.1 Å². The fraction of sp³-hybridized carbons (Fsp3) is 0.545. The minimum absolute atomic E-state index is 0.488. The maximum absolute atomic E-state index is 5.55. The predicted molar refractivity (Wildman–Crippen MR) is 51.5 cm³/mol. The van der Waals surface area contributed by atoms with Gasteiger partial charge in [-0.2, -0.15) is 0 Å². The summed E-state index contributed by atoms with van der Waals surface area (Å²) in [5.74, 6) is 0. The highest BCUT2D eigenvalue weighted by Gasteiger charge is 2.14. The van der Waals surface area contributed by atoms with Crippen molar-refractivity contribution >= 4 is 0 Å². The van der Waals surface area contributed by atoms with Crippen LogP contribution in [0.15, 0.2) is 24.4 Å². The van der Waals surface area contributed by atoms with Gasteiger partial charge in [0, 0.05) is 18.5 Å². The van der Waals surface area contributed by atoms with E-state index in [-0.39, 0.29) is 0 Å². The van der Waals surface area contributed by atoms with Crippen LogP contribution in [-0.2, 0) is 11.2 Å². The van der Waals surface area contributed by atoms with Gasteiger partial charge in [-0.1, -0.05) is 6.07 Å². The molecule has 1 saturated heterocycles.